The summed E-state index contributed by atoms with van der Waals surface area (Å²) in [4.78, 5) is 16.0. The molecule has 1 aliphatic heterocycles. The Morgan fingerprint density at radius 2 is 2.25 bits per heavy atom. The second-order valence-corrected chi connectivity index (χ2v) is 6.97. The number of hydrogen-bond donors (Lipinski definition) is 0. The van der Waals surface area contributed by atoms with E-state index in [1.165, 1.54) is 4.88 Å². The van der Waals surface area contributed by atoms with E-state index in [0.717, 1.165) is 35.0 Å². The van der Waals surface area contributed by atoms with Crippen LogP contribution in [0.25, 0.3) is 0 Å². The number of rotatable bonds is 2. The lowest BCUT2D eigenvalue weighted by Gasteiger charge is -2.24. The topological polar surface area (TPSA) is 20.3 Å². The van der Waals surface area contributed by atoms with Crippen LogP contribution in [0.4, 0.5) is 0 Å². The van der Waals surface area contributed by atoms with Crippen LogP contribution in [0.5, 0.6) is 0 Å². The van der Waals surface area contributed by atoms with Crippen molar-refractivity contribution >= 4 is 33.2 Å². The predicted octanol–water partition coefficient (Wildman–Crippen LogP) is 4.80. The van der Waals surface area contributed by atoms with Crippen LogP contribution in [0.1, 0.15) is 39.7 Å². The maximum absolute atomic E-state index is 12.7. The van der Waals surface area contributed by atoms with E-state index >= 15 is 0 Å². The zero-order valence-corrected chi connectivity index (χ0v) is 13.7. The Bertz CT molecular complexity index is 623. The Labute approximate surface area is 131 Å². The van der Waals surface area contributed by atoms with Crippen molar-refractivity contribution < 1.29 is 4.79 Å². The van der Waals surface area contributed by atoms with Gasteiger partial charge < -0.3 is 4.90 Å². The van der Waals surface area contributed by atoms with Gasteiger partial charge in [0.25, 0.3) is 5.91 Å². The normalized spacial score (nSPS) is 18.5. The molecule has 1 fully saturated rings. The van der Waals surface area contributed by atoms with E-state index in [2.05, 4.69) is 33.4 Å². The number of benzene rings is 1. The van der Waals surface area contributed by atoms with Crippen LogP contribution in [-0.2, 0) is 0 Å². The molecule has 2 aromatic rings. The largest absolute Gasteiger partial charge is 0.331 e. The average Bonchev–Trinajstić information content (AvgIpc) is 3.10. The molecule has 0 spiro atoms. The smallest absolute Gasteiger partial charge is 0.254 e. The maximum Gasteiger partial charge on any atom is 0.254 e. The first-order valence-corrected chi connectivity index (χ1v) is 8.44. The average molecular weight is 350 g/mol. The van der Waals surface area contributed by atoms with E-state index in [4.69, 9.17) is 0 Å². The summed E-state index contributed by atoms with van der Waals surface area (Å²) in [5, 5.41) is 2.08. The third-order valence-electron chi connectivity index (χ3n) is 3.80. The minimum atomic E-state index is 0.140. The van der Waals surface area contributed by atoms with Crippen LogP contribution >= 0.6 is 27.3 Å². The first-order chi connectivity index (χ1) is 9.66. The fraction of sp³-hybridized carbons (Fsp3) is 0.312. The first-order valence-electron chi connectivity index (χ1n) is 6.77. The molecule has 4 heteroatoms. The van der Waals surface area contributed by atoms with E-state index in [9.17, 15) is 4.79 Å². The molecule has 1 unspecified atom stereocenters. The quantitative estimate of drug-likeness (QED) is 0.762. The van der Waals surface area contributed by atoms with Crippen LogP contribution < -0.4 is 0 Å². The minimum Gasteiger partial charge on any atom is -0.331 e. The summed E-state index contributed by atoms with van der Waals surface area (Å²) < 4.78 is 0.996. The monoisotopic (exact) mass is 349 g/mol. The number of amides is 1. The Morgan fingerprint density at radius 1 is 1.40 bits per heavy atom. The summed E-state index contributed by atoms with van der Waals surface area (Å²) in [5.74, 6) is 0.140. The Hall–Kier alpha value is -1.13. The lowest BCUT2D eigenvalue weighted by molar-refractivity contribution is 0.0738. The minimum absolute atomic E-state index is 0.140. The van der Waals surface area contributed by atoms with Crippen LogP contribution in [-0.4, -0.2) is 17.4 Å². The van der Waals surface area contributed by atoms with Gasteiger partial charge in [-0.25, -0.2) is 0 Å². The molecule has 0 bridgehead atoms. The van der Waals surface area contributed by atoms with Crippen LogP contribution in [0, 0.1) is 6.92 Å². The van der Waals surface area contributed by atoms with Crippen molar-refractivity contribution in [1.82, 2.24) is 4.90 Å². The molecule has 1 aromatic heterocycles. The predicted molar refractivity (Wildman–Crippen MR) is 86.2 cm³/mol. The third-order valence-corrected chi connectivity index (χ3v) is 5.63. The van der Waals surface area contributed by atoms with E-state index in [1.807, 2.05) is 30.0 Å². The molecule has 0 saturated carbocycles. The Balaban J connectivity index is 1.87. The lowest BCUT2D eigenvalue weighted by Crippen LogP contribution is -2.30. The number of carbonyl (C=O) groups excluding carboxylic acids is 1. The molecule has 0 radical (unpaired) electrons. The molecule has 2 nitrogen and oxygen atoms in total. The number of likely N-dealkylation sites (tertiary alicyclic amines) is 1. The van der Waals surface area contributed by atoms with Crippen molar-refractivity contribution in [2.24, 2.45) is 0 Å². The lowest BCUT2D eigenvalue weighted by atomic mass is 10.1. The summed E-state index contributed by atoms with van der Waals surface area (Å²) in [7, 11) is 0. The van der Waals surface area contributed by atoms with Crippen molar-refractivity contribution in [3.63, 3.8) is 0 Å². The van der Waals surface area contributed by atoms with Gasteiger partial charge in [-0.1, -0.05) is 28.1 Å². The van der Waals surface area contributed by atoms with Crippen LogP contribution in [0.15, 0.2) is 40.2 Å². The molecular weight excluding hydrogens is 334 g/mol. The number of hydrogen-bond acceptors (Lipinski definition) is 2. The summed E-state index contributed by atoms with van der Waals surface area (Å²) in [6.45, 7) is 2.88. The van der Waals surface area contributed by atoms with Gasteiger partial charge in [0.15, 0.2) is 0 Å². The van der Waals surface area contributed by atoms with Gasteiger partial charge in [-0.15, -0.1) is 11.3 Å². The molecule has 104 valence electrons. The van der Waals surface area contributed by atoms with Crippen molar-refractivity contribution in [3.8, 4) is 0 Å². The molecule has 2 heterocycles. The molecule has 0 aliphatic carbocycles. The summed E-state index contributed by atoms with van der Waals surface area (Å²) in [6, 6.07) is 10.3. The Morgan fingerprint density at radius 3 is 2.95 bits per heavy atom. The highest BCUT2D eigenvalue weighted by Gasteiger charge is 2.31. The highest BCUT2D eigenvalue weighted by Crippen LogP contribution is 2.35. The standard InChI is InChI=1S/C16H16BrNOS/c1-11-6-7-12(10-13(11)17)16(19)18-8-2-4-14(18)15-5-3-9-20-15/h3,5-7,9-10,14H,2,4,8H2,1H3. The number of carbonyl (C=O) groups is 1. The molecule has 3 rings (SSSR count). The number of aryl methyl sites for hydroxylation is 1. The molecule has 1 atom stereocenters. The number of halogens is 1. The highest BCUT2D eigenvalue weighted by atomic mass is 79.9. The van der Waals surface area contributed by atoms with E-state index in [0.29, 0.717) is 0 Å². The molecule has 1 aliphatic rings. The fourth-order valence-corrected chi connectivity index (χ4v) is 3.93. The van der Waals surface area contributed by atoms with Gasteiger partial charge in [-0.3, -0.25) is 4.79 Å². The highest BCUT2D eigenvalue weighted by molar-refractivity contribution is 9.10. The van der Waals surface area contributed by atoms with Gasteiger partial charge in [0, 0.05) is 21.5 Å². The van der Waals surface area contributed by atoms with Crippen LogP contribution in [0.2, 0.25) is 0 Å². The summed E-state index contributed by atoms with van der Waals surface area (Å²) in [6.07, 6.45) is 2.15. The Kier molecular flexibility index (Phi) is 3.94. The SMILES string of the molecule is Cc1ccc(C(=O)N2CCCC2c2cccs2)cc1Br. The second kappa shape index (κ2) is 5.70. The third kappa shape index (κ3) is 2.54. The summed E-state index contributed by atoms with van der Waals surface area (Å²) in [5.41, 5.74) is 1.92. The van der Waals surface area contributed by atoms with E-state index in [1.54, 1.807) is 11.3 Å². The number of nitrogens with zero attached hydrogens (tertiary/aromatic N) is 1. The zero-order valence-electron chi connectivity index (χ0n) is 11.3. The molecule has 0 N–H and O–H groups in total. The van der Waals surface area contributed by atoms with Gasteiger partial charge in [0.05, 0.1) is 6.04 Å². The maximum atomic E-state index is 12.7. The van der Waals surface area contributed by atoms with Crippen molar-refractivity contribution in [2.75, 3.05) is 6.54 Å². The fourth-order valence-electron chi connectivity index (χ4n) is 2.68. The second-order valence-electron chi connectivity index (χ2n) is 5.14. The van der Waals surface area contributed by atoms with Gasteiger partial charge in [-0.05, 0) is 48.9 Å². The molecule has 1 saturated heterocycles. The van der Waals surface area contributed by atoms with Crippen molar-refractivity contribution in [3.05, 3.63) is 56.2 Å². The van der Waals surface area contributed by atoms with Gasteiger partial charge in [-0.2, -0.15) is 0 Å². The van der Waals surface area contributed by atoms with Crippen LogP contribution in [0.3, 0.4) is 0 Å². The van der Waals surface area contributed by atoms with E-state index < -0.39 is 0 Å². The van der Waals surface area contributed by atoms with Gasteiger partial charge >= 0.3 is 0 Å². The molecular formula is C16H16BrNOS. The van der Waals surface area contributed by atoms with E-state index in [-0.39, 0.29) is 11.9 Å². The first kappa shape index (κ1) is 13.8. The van der Waals surface area contributed by atoms with Crippen molar-refractivity contribution in [1.29, 1.82) is 0 Å². The van der Waals surface area contributed by atoms with Gasteiger partial charge in [0.2, 0.25) is 0 Å². The number of thiophene rings is 1. The molecule has 1 aromatic carbocycles. The zero-order chi connectivity index (χ0) is 14.1. The molecule has 20 heavy (non-hydrogen) atoms. The summed E-state index contributed by atoms with van der Waals surface area (Å²) >= 11 is 5.25. The van der Waals surface area contributed by atoms with Gasteiger partial charge in [0.1, 0.15) is 0 Å². The molecule has 1 amide bonds. The van der Waals surface area contributed by atoms with Crippen molar-refractivity contribution in [2.45, 2.75) is 25.8 Å².